The Morgan fingerprint density at radius 3 is 2.94 bits per heavy atom. The zero-order valence-electron chi connectivity index (χ0n) is 10.4. The number of aromatic nitrogens is 1. The maximum absolute atomic E-state index is 12.1. The molecule has 2 heterocycles. The van der Waals surface area contributed by atoms with Crippen LogP contribution in [0.3, 0.4) is 0 Å². The summed E-state index contributed by atoms with van der Waals surface area (Å²) in [6.07, 6.45) is 3.67. The van der Waals surface area contributed by atoms with E-state index in [1.54, 1.807) is 0 Å². The Balaban J connectivity index is 1.98. The third kappa shape index (κ3) is 2.85. The first kappa shape index (κ1) is 12.1. The second-order valence-electron chi connectivity index (χ2n) is 4.62. The molecule has 0 bridgehead atoms. The summed E-state index contributed by atoms with van der Waals surface area (Å²) < 4.78 is 5.40. The Morgan fingerprint density at radius 1 is 1.59 bits per heavy atom. The first-order chi connectivity index (χ1) is 8.20. The van der Waals surface area contributed by atoms with E-state index in [4.69, 9.17) is 4.42 Å². The van der Waals surface area contributed by atoms with Crippen molar-refractivity contribution in [3.8, 4) is 0 Å². The highest BCUT2D eigenvalue weighted by Gasteiger charge is 2.23. The normalized spacial score (nSPS) is 17.4. The lowest BCUT2D eigenvalue weighted by Crippen LogP contribution is -2.37. The highest BCUT2D eigenvalue weighted by Crippen LogP contribution is 2.18. The van der Waals surface area contributed by atoms with Crippen molar-refractivity contribution in [2.24, 2.45) is 5.92 Å². The van der Waals surface area contributed by atoms with Crippen LogP contribution in [0.2, 0.25) is 0 Å². The predicted molar refractivity (Wildman–Crippen MR) is 63.6 cm³/mol. The van der Waals surface area contributed by atoms with E-state index in [2.05, 4.69) is 17.2 Å². The highest BCUT2D eigenvalue weighted by molar-refractivity contribution is 5.91. The molecule has 17 heavy (non-hydrogen) atoms. The van der Waals surface area contributed by atoms with Crippen LogP contribution in [0, 0.1) is 5.92 Å². The van der Waals surface area contributed by atoms with Crippen molar-refractivity contribution in [2.45, 2.75) is 26.3 Å². The molecule has 1 aromatic rings. The molecule has 0 aliphatic carbocycles. The molecule has 0 unspecified atom stereocenters. The van der Waals surface area contributed by atoms with Crippen molar-refractivity contribution in [1.82, 2.24) is 15.2 Å². The van der Waals surface area contributed by atoms with Gasteiger partial charge >= 0.3 is 0 Å². The van der Waals surface area contributed by atoms with E-state index in [1.807, 2.05) is 11.9 Å². The molecule has 0 radical (unpaired) electrons. The minimum absolute atomic E-state index is 0.0354. The van der Waals surface area contributed by atoms with E-state index in [9.17, 15) is 4.79 Å². The number of rotatable bonds is 3. The van der Waals surface area contributed by atoms with E-state index < -0.39 is 0 Å². The van der Waals surface area contributed by atoms with Crippen LogP contribution in [0.25, 0.3) is 0 Å². The first-order valence-corrected chi connectivity index (χ1v) is 6.09. The minimum Gasteiger partial charge on any atom is -0.434 e. The van der Waals surface area contributed by atoms with Crippen LogP contribution in [0.15, 0.2) is 10.6 Å². The summed E-state index contributed by atoms with van der Waals surface area (Å²) in [5.74, 6) is 1.59. The first-order valence-electron chi connectivity index (χ1n) is 6.09. The van der Waals surface area contributed by atoms with Crippen LogP contribution in [-0.4, -0.2) is 35.9 Å². The molecule has 0 spiro atoms. The van der Waals surface area contributed by atoms with Gasteiger partial charge in [0.1, 0.15) is 0 Å². The molecule has 5 heteroatoms. The Hall–Kier alpha value is -1.36. The summed E-state index contributed by atoms with van der Waals surface area (Å²) in [6, 6.07) is 0. The zero-order chi connectivity index (χ0) is 12.3. The van der Waals surface area contributed by atoms with E-state index >= 15 is 0 Å². The maximum Gasteiger partial charge on any atom is 0.291 e. The lowest BCUT2D eigenvalue weighted by Gasteiger charge is -2.29. The van der Waals surface area contributed by atoms with Crippen LogP contribution in [0.1, 0.15) is 36.2 Å². The second kappa shape index (κ2) is 5.31. The van der Waals surface area contributed by atoms with Crippen LogP contribution in [0.4, 0.5) is 0 Å². The summed E-state index contributed by atoms with van der Waals surface area (Å²) in [7, 11) is 1.82. The largest absolute Gasteiger partial charge is 0.434 e. The molecule has 0 aromatic carbocycles. The SMILES string of the molecule is CNCc1ncc(C(=O)N2CCC(C)CC2)o1. The number of likely N-dealkylation sites (tertiary alicyclic amines) is 1. The van der Waals surface area contributed by atoms with Crippen molar-refractivity contribution in [2.75, 3.05) is 20.1 Å². The molecular weight excluding hydrogens is 218 g/mol. The van der Waals surface area contributed by atoms with Crippen LogP contribution >= 0.6 is 0 Å². The van der Waals surface area contributed by atoms with Crippen molar-refractivity contribution in [3.63, 3.8) is 0 Å². The van der Waals surface area contributed by atoms with Crippen LogP contribution < -0.4 is 5.32 Å². The van der Waals surface area contributed by atoms with Crippen molar-refractivity contribution in [3.05, 3.63) is 17.8 Å². The molecule has 0 atom stereocenters. The maximum atomic E-state index is 12.1. The quantitative estimate of drug-likeness (QED) is 0.860. The third-order valence-electron chi connectivity index (χ3n) is 3.16. The number of piperidine rings is 1. The van der Waals surface area contributed by atoms with E-state index in [0.717, 1.165) is 25.9 Å². The highest BCUT2D eigenvalue weighted by atomic mass is 16.4. The average Bonchev–Trinajstić information content (AvgIpc) is 2.78. The standard InChI is InChI=1S/C12H19N3O2/c1-9-3-5-15(6-4-9)12(16)10-7-14-11(17-10)8-13-2/h7,9,13H,3-6,8H2,1-2H3. The number of nitrogens with one attached hydrogen (secondary N) is 1. The number of carbonyl (C=O) groups is 1. The fourth-order valence-corrected chi connectivity index (χ4v) is 2.01. The van der Waals surface area contributed by atoms with Gasteiger partial charge < -0.3 is 14.6 Å². The summed E-state index contributed by atoms with van der Waals surface area (Å²) >= 11 is 0. The number of carbonyl (C=O) groups excluding carboxylic acids is 1. The number of amides is 1. The smallest absolute Gasteiger partial charge is 0.291 e. The summed E-state index contributed by atoms with van der Waals surface area (Å²) in [4.78, 5) is 18.0. The molecule has 1 aliphatic rings. The van der Waals surface area contributed by atoms with Crippen molar-refractivity contribution < 1.29 is 9.21 Å². The Bertz CT molecular complexity index is 381. The van der Waals surface area contributed by atoms with Crippen LogP contribution in [-0.2, 0) is 6.54 Å². The van der Waals surface area contributed by atoms with Crippen molar-refractivity contribution in [1.29, 1.82) is 0 Å². The Labute approximate surface area is 101 Å². The molecule has 94 valence electrons. The molecule has 1 amide bonds. The van der Waals surface area contributed by atoms with E-state index in [-0.39, 0.29) is 5.91 Å². The lowest BCUT2D eigenvalue weighted by molar-refractivity contribution is 0.0663. The molecule has 1 fully saturated rings. The number of oxazole rings is 1. The molecule has 2 rings (SSSR count). The topological polar surface area (TPSA) is 58.4 Å². The zero-order valence-corrected chi connectivity index (χ0v) is 10.4. The number of nitrogens with zero attached hydrogens (tertiary/aromatic N) is 2. The van der Waals surface area contributed by atoms with Gasteiger partial charge in [-0.3, -0.25) is 4.79 Å². The van der Waals surface area contributed by atoms with E-state index in [1.165, 1.54) is 6.20 Å². The fraction of sp³-hybridized carbons (Fsp3) is 0.667. The Morgan fingerprint density at radius 2 is 2.29 bits per heavy atom. The molecule has 1 aliphatic heterocycles. The molecule has 1 aromatic heterocycles. The fourth-order valence-electron chi connectivity index (χ4n) is 2.01. The molecular formula is C12H19N3O2. The van der Waals surface area contributed by atoms with E-state index in [0.29, 0.717) is 24.1 Å². The predicted octanol–water partition coefficient (Wildman–Crippen LogP) is 1.27. The Kier molecular flexibility index (Phi) is 3.78. The third-order valence-corrected chi connectivity index (χ3v) is 3.16. The molecule has 0 saturated carbocycles. The van der Waals surface area contributed by atoms with Gasteiger partial charge in [-0.15, -0.1) is 0 Å². The van der Waals surface area contributed by atoms with Crippen molar-refractivity contribution >= 4 is 5.91 Å². The van der Waals surface area contributed by atoms with Gasteiger partial charge in [0.05, 0.1) is 12.7 Å². The average molecular weight is 237 g/mol. The summed E-state index contributed by atoms with van der Waals surface area (Å²) in [5.41, 5.74) is 0. The van der Waals surface area contributed by atoms with Gasteiger partial charge in [0, 0.05) is 13.1 Å². The lowest BCUT2D eigenvalue weighted by atomic mass is 9.99. The number of hydrogen-bond donors (Lipinski definition) is 1. The van der Waals surface area contributed by atoms with Gasteiger partial charge in [-0.1, -0.05) is 6.92 Å². The molecule has 1 saturated heterocycles. The van der Waals surface area contributed by atoms with Gasteiger partial charge in [-0.25, -0.2) is 4.98 Å². The van der Waals surface area contributed by atoms with Gasteiger partial charge in [0.25, 0.3) is 5.91 Å². The minimum atomic E-state index is -0.0354. The van der Waals surface area contributed by atoms with Crippen LogP contribution in [0.5, 0.6) is 0 Å². The van der Waals surface area contributed by atoms with Gasteiger partial charge in [0.2, 0.25) is 11.7 Å². The summed E-state index contributed by atoms with van der Waals surface area (Å²) in [5, 5.41) is 2.94. The second-order valence-corrected chi connectivity index (χ2v) is 4.62. The van der Waals surface area contributed by atoms with Gasteiger partial charge in [-0.05, 0) is 25.8 Å². The summed E-state index contributed by atoms with van der Waals surface area (Å²) in [6.45, 7) is 4.41. The molecule has 5 nitrogen and oxygen atoms in total. The van der Waals surface area contributed by atoms with Gasteiger partial charge in [0.15, 0.2) is 0 Å². The molecule has 1 N–H and O–H groups in total. The monoisotopic (exact) mass is 237 g/mol. The van der Waals surface area contributed by atoms with Gasteiger partial charge in [-0.2, -0.15) is 0 Å². The number of hydrogen-bond acceptors (Lipinski definition) is 4.